The van der Waals surface area contributed by atoms with Gasteiger partial charge in [-0.1, -0.05) is 60.3 Å². The summed E-state index contributed by atoms with van der Waals surface area (Å²) >= 11 is 1.18. The molecule has 0 bridgehead atoms. The Morgan fingerprint density at radius 2 is 1.64 bits per heavy atom. The number of benzene rings is 2. The molecule has 4 aromatic rings. The summed E-state index contributed by atoms with van der Waals surface area (Å²) in [4.78, 5) is 32.4. The van der Waals surface area contributed by atoms with E-state index >= 15 is 0 Å². The Morgan fingerprint density at radius 1 is 0.970 bits per heavy atom. The first-order valence-electron chi connectivity index (χ1n) is 10.1. The first kappa shape index (κ1) is 22.2. The van der Waals surface area contributed by atoms with Gasteiger partial charge in [-0.05, 0) is 25.1 Å². The molecule has 1 N–H and O–H groups in total. The quantitative estimate of drug-likeness (QED) is 0.315. The molecule has 2 heterocycles. The normalized spacial score (nSPS) is 11.5. The van der Waals surface area contributed by atoms with Crippen LogP contribution in [0.15, 0.2) is 84.3 Å². The van der Waals surface area contributed by atoms with Gasteiger partial charge >= 0.3 is 5.97 Å². The number of amides is 1. The van der Waals surface area contributed by atoms with Crippen LogP contribution in [0, 0.1) is 0 Å². The molecule has 0 aliphatic heterocycles. The number of para-hydroxylation sites is 1. The number of hydrogen-bond donors (Lipinski definition) is 1. The summed E-state index contributed by atoms with van der Waals surface area (Å²) in [6, 6.07) is 21.0. The number of esters is 1. The number of hydrogen-bond acceptors (Lipinski definition) is 8. The molecular weight excluding hydrogens is 440 g/mol. The zero-order chi connectivity index (χ0) is 23.0. The summed E-state index contributed by atoms with van der Waals surface area (Å²) in [5.41, 5.74) is 1.77. The molecule has 2 aromatic heterocycles. The first-order chi connectivity index (χ1) is 16.1. The summed E-state index contributed by atoms with van der Waals surface area (Å²) in [6.07, 6.45) is 2.00. The summed E-state index contributed by atoms with van der Waals surface area (Å²) in [5, 5.41) is 11.7. The third-order valence-electron chi connectivity index (χ3n) is 4.48. The Morgan fingerprint density at radius 3 is 2.33 bits per heavy atom. The van der Waals surface area contributed by atoms with Gasteiger partial charge < -0.3 is 4.74 Å². The van der Waals surface area contributed by atoms with Crippen molar-refractivity contribution in [3.63, 3.8) is 0 Å². The molecule has 33 heavy (non-hydrogen) atoms. The Hall–Kier alpha value is -4.05. The Balaban J connectivity index is 1.44. The van der Waals surface area contributed by atoms with Gasteiger partial charge in [0, 0.05) is 23.6 Å². The smallest absolute Gasteiger partial charge is 0.317 e. The maximum absolute atomic E-state index is 12.4. The summed E-state index contributed by atoms with van der Waals surface area (Å²) in [6.45, 7) is 1.49. The van der Waals surface area contributed by atoms with Crippen molar-refractivity contribution in [3.8, 4) is 17.1 Å². The average Bonchev–Trinajstić information content (AvgIpc) is 3.28. The largest absolute Gasteiger partial charge is 0.452 e. The van der Waals surface area contributed by atoms with Crippen molar-refractivity contribution in [2.24, 2.45) is 0 Å². The van der Waals surface area contributed by atoms with E-state index in [0.717, 1.165) is 11.3 Å². The van der Waals surface area contributed by atoms with Gasteiger partial charge in [-0.15, -0.1) is 10.2 Å². The van der Waals surface area contributed by atoms with Gasteiger partial charge in [-0.3, -0.25) is 19.5 Å². The molecule has 0 aliphatic carbocycles. The average molecular weight is 461 g/mol. The Kier molecular flexibility index (Phi) is 7.06. The molecule has 0 aliphatic rings. The molecule has 1 amide bonds. The maximum Gasteiger partial charge on any atom is 0.317 e. The molecule has 0 radical (unpaired) electrons. The van der Waals surface area contributed by atoms with Crippen LogP contribution >= 0.6 is 11.8 Å². The van der Waals surface area contributed by atoms with Crippen LogP contribution in [0.4, 0.5) is 5.95 Å². The molecule has 1 unspecified atom stereocenters. The Bertz CT molecular complexity index is 1220. The van der Waals surface area contributed by atoms with E-state index in [1.54, 1.807) is 6.07 Å². The predicted octanol–water partition coefficient (Wildman–Crippen LogP) is 3.39. The zero-order valence-electron chi connectivity index (χ0n) is 17.7. The van der Waals surface area contributed by atoms with Gasteiger partial charge in [-0.2, -0.15) is 0 Å². The lowest BCUT2D eigenvalue weighted by Gasteiger charge is -2.13. The number of nitrogens with one attached hydrogen (secondary N) is 1. The van der Waals surface area contributed by atoms with Crippen molar-refractivity contribution in [1.82, 2.24) is 24.7 Å². The number of carbonyl (C=O) groups excluding carboxylic acids is 2. The molecule has 0 spiro atoms. The van der Waals surface area contributed by atoms with Crippen LogP contribution in [-0.2, 0) is 14.3 Å². The lowest BCUT2D eigenvalue weighted by molar-refractivity contribution is -0.150. The number of nitrogens with zero attached hydrogens (tertiary/aromatic N) is 5. The minimum Gasteiger partial charge on any atom is -0.452 e. The van der Waals surface area contributed by atoms with E-state index in [1.165, 1.54) is 31.1 Å². The number of aromatic nitrogens is 5. The number of carbonyl (C=O) groups is 2. The van der Waals surface area contributed by atoms with E-state index in [9.17, 15) is 9.59 Å². The van der Waals surface area contributed by atoms with Crippen molar-refractivity contribution in [2.45, 2.75) is 18.2 Å². The predicted molar refractivity (Wildman–Crippen MR) is 124 cm³/mol. The molecule has 9 nitrogen and oxygen atoms in total. The van der Waals surface area contributed by atoms with Crippen LogP contribution in [0.1, 0.15) is 6.92 Å². The third kappa shape index (κ3) is 5.60. The van der Waals surface area contributed by atoms with Crippen molar-refractivity contribution in [1.29, 1.82) is 0 Å². The number of anilines is 1. The Labute approximate surface area is 194 Å². The highest BCUT2D eigenvalue weighted by atomic mass is 32.2. The van der Waals surface area contributed by atoms with Gasteiger partial charge in [0.15, 0.2) is 17.1 Å². The molecule has 4 rings (SSSR count). The zero-order valence-corrected chi connectivity index (χ0v) is 18.5. The number of thioether (sulfide) groups is 1. The van der Waals surface area contributed by atoms with Gasteiger partial charge in [-0.25, -0.2) is 9.97 Å². The summed E-state index contributed by atoms with van der Waals surface area (Å²) < 4.78 is 7.14. The minimum atomic E-state index is -1.01. The van der Waals surface area contributed by atoms with E-state index in [1.807, 2.05) is 65.2 Å². The standard InChI is InChI=1S/C23H20N6O3S/c1-16(21(31)26-22-24-13-8-14-25-22)32-19(30)15-33-23-28-27-20(17-9-4-2-5-10-17)29(23)18-11-6-3-7-12-18/h2-14,16H,15H2,1H3,(H,24,25,26,31). The lowest BCUT2D eigenvalue weighted by Crippen LogP contribution is -2.31. The molecular formula is C23H20N6O3S. The second-order valence-electron chi connectivity index (χ2n) is 6.83. The van der Waals surface area contributed by atoms with Crippen molar-refractivity contribution < 1.29 is 14.3 Å². The molecule has 10 heteroatoms. The van der Waals surface area contributed by atoms with Gasteiger partial charge in [0.2, 0.25) is 5.95 Å². The van der Waals surface area contributed by atoms with E-state index in [4.69, 9.17) is 4.74 Å². The second-order valence-corrected chi connectivity index (χ2v) is 7.77. The van der Waals surface area contributed by atoms with Crippen LogP contribution < -0.4 is 5.32 Å². The molecule has 0 saturated carbocycles. The van der Waals surface area contributed by atoms with Crippen molar-refractivity contribution in [3.05, 3.63) is 79.1 Å². The van der Waals surface area contributed by atoms with Crippen LogP contribution in [0.2, 0.25) is 0 Å². The van der Waals surface area contributed by atoms with Gasteiger partial charge in [0.1, 0.15) is 0 Å². The highest BCUT2D eigenvalue weighted by Crippen LogP contribution is 2.27. The van der Waals surface area contributed by atoms with E-state index in [-0.39, 0.29) is 11.7 Å². The topological polar surface area (TPSA) is 112 Å². The highest BCUT2D eigenvalue weighted by molar-refractivity contribution is 7.99. The molecule has 2 aromatic carbocycles. The van der Waals surface area contributed by atoms with Crippen molar-refractivity contribution in [2.75, 3.05) is 11.1 Å². The van der Waals surface area contributed by atoms with E-state index < -0.39 is 18.0 Å². The number of rotatable bonds is 8. The van der Waals surface area contributed by atoms with Crippen LogP contribution in [0.3, 0.4) is 0 Å². The second kappa shape index (κ2) is 10.5. The fourth-order valence-corrected chi connectivity index (χ4v) is 3.67. The number of ether oxygens (including phenoxy) is 1. The fraction of sp³-hybridized carbons (Fsp3) is 0.130. The SMILES string of the molecule is CC(OC(=O)CSc1nnc(-c2ccccc2)n1-c1ccccc1)C(=O)Nc1ncccn1. The van der Waals surface area contributed by atoms with Gasteiger partial charge in [0.25, 0.3) is 5.91 Å². The molecule has 166 valence electrons. The fourth-order valence-electron chi connectivity index (χ4n) is 2.93. The maximum atomic E-state index is 12.4. The van der Waals surface area contributed by atoms with Gasteiger partial charge in [0.05, 0.1) is 5.75 Å². The molecule has 0 saturated heterocycles. The molecule has 0 fully saturated rings. The summed E-state index contributed by atoms with van der Waals surface area (Å²) in [5.74, 6) is -0.310. The van der Waals surface area contributed by atoms with Crippen LogP contribution in [0.5, 0.6) is 0 Å². The monoisotopic (exact) mass is 460 g/mol. The lowest BCUT2D eigenvalue weighted by atomic mass is 10.2. The van der Waals surface area contributed by atoms with Crippen LogP contribution in [0.25, 0.3) is 17.1 Å². The third-order valence-corrected chi connectivity index (χ3v) is 5.38. The highest BCUT2D eigenvalue weighted by Gasteiger charge is 2.21. The molecule has 1 atom stereocenters. The minimum absolute atomic E-state index is 0.0424. The van der Waals surface area contributed by atoms with E-state index in [0.29, 0.717) is 11.0 Å². The van der Waals surface area contributed by atoms with Crippen molar-refractivity contribution >= 4 is 29.6 Å². The van der Waals surface area contributed by atoms with Crippen LogP contribution in [-0.4, -0.2) is 48.5 Å². The summed E-state index contributed by atoms with van der Waals surface area (Å²) in [7, 11) is 0. The first-order valence-corrected chi connectivity index (χ1v) is 11.1. The van der Waals surface area contributed by atoms with E-state index in [2.05, 4.69) is 25.5 Å².